The molecule has 1 rings (SSSR count). The van der Waals surface area contributed by atoms with Crippen molar-refractivity contribution >= 4 is 29.2 Å². The maximum atomic E-state index is 10.7. The van der Waals surface area contributed by atoms with Crippen LogP contribution >= 0.6 is 23.2 Å². The molecule has 4 heteroatoms. The number of rotatable bonds is 14. The molecule has 23 heavy (non-hydrogen) atoms. The summed E-state index contributed by atoms with van der Waals surface area (Å²) in [7, 11) is 0. The van der Waals surface area contributed by atoms with Crippen LogP contribution in [-0.4, -0.2) is 15.4 Å². The number of halogens is 2. The van der Waals surface area contributed by atoms with Gasteiger partial charge in [0.1, 0.15) is 0 Å². The number of carboxylic acids is 1. The van der Waals surface area contributed by atoms with E-state index in [1.807, 2.05) is 0 Å². The third kappa shape index (κ3) is 10.5. The maximum Gasteiger partial charge on any atom is 0.340 e. The molecule has 0 spiro atoms. The van der Waals surface area contributed by atoms with Gasteiger partial charge in [-0.05, 0) is 18.8 Å². The number of hydrogen-bond donors (Lipinski definition) is 1. The van der Waals surface area contributed by atoms with E-state index in [0.29, 0.717) is 6.42 Å². The molecule has 0 aromatic carbocycles. The summed E-state index contributed by atoms with van der Waals surface area (Å²) in [5, 5.41) is 8.80. The third-order valence-electron chi connectivity index (χ3n) is 5.14. The first-order chi connectivity index (χ1) is 11.0. The first-order valence-corrected chi connectivity index (χ1v) is 10.4. The molecule has 1 N–H and O–H groups in total. The Hall–Kier alpha value is 0.0500. The second-order valence-corrected chi connectivity index (χ2v) is 8.72. The van der Waals surface area contributed by atoms with Gasteiger partial charge in [0.15, 0.2) is 0 Å². The second-order valence-electron chi connectivity index (χ2n) is 7.23. The Labute approximate surface area is 152 Å². The Balaban J connectivity index is 1.77. The molecule has 0 atom stereocenters. The summed E-state index contributed by atoms with van der Waals surface area (Å²) in [6.45, 7) is 0. The molecule has 1 saturated carbocycles. The van der Waals surface area contributed by atoms with Crippen LogP contribution in [0.25, 0.3) is 0 Å². The fourth-order valence-electron chi connectivity index (χ4n) is 3.60. The van der Waals surface area contributed by atoms with E-state index in [0.717, 1.165) is 25.2 Å². The largest absolute Gasteiger partial charge is 0.479 e. The topological polar surface area (TPSA) is 37.3 Å². The molecule has 0 aliphatic heterocycles. The summed E-state index contributed by atoms with van der Waals surface area (Å²) in [4.78, 5) is 10.7. The maximum absolute atomic E-state index is 10.7. The molecule has 0 amide bonds. The zero-order valence-electron chi connectivity index (χ0n) is 14.5. The zero-order chi connectivity index (χ0) is 17.0. The van der Waals surface area contributed by atoms with Gasteiger partial charge in [-0.1, -0.05) is 113 Å². The van der Waals surface area contributed by atoms with Crippen LogP contribution in [0.5, 0.6) is 0 Å². The number of hydrogen-bond acceptors (Lipinski definition) is 1. The first-order valence-electron chi connectivity index (χ1n) is 9.63. The lowest BCUT2D eigenvalue weighted by Crippen LogP contribution is -2.25. The number of unbranched alkanes of at least 4 members (excludes halogenated alkanes) is 9. The Kier molecular flexibility index (Phi) is 11.4. The van der Waals surface area contributed by atoms with Crippen LogP contribution in [0.2, 0.25) is 0 Å². The number of alkyl halides is 2. The molecular weight excluding hydrogens is 331 g/mol. The first kappa shape index (κ1) is 21.1. The summed E-state index contributed by atoms with van der Waals surface area (Å²) in [5.41, 5.74) is 0. The van der Waals surface area contributed by atoms with Crippen molar-refractivity contribution in [2.24, 2.45) is 5.92 Å². The minimum Gasteiger partial charge on any atom is -0.479 e. The summed E-state index contributed by atoms with van der Waals surface area (Å²) < 4.78 is -1.60. The Morgan fingerprint density at radius 2 is 1.26 bits per heavy atom. The van der Waals surface area contributed by atoms with Gasteiger partial charge in [-0.2, -0.15) is 0 Å². The lowest BCUT2D eigenvalue weighted by Gasteiger charge is -2.13. The van der Waals surface area contributed by atoms with Gasteiger partial charge in [0.05, 0.1) is 0 Å². The Morgan fingerprint density at radius 3 is 1.74 bits per heavy atom. The molecule has 136 valence electrons. The molecule has 0 aromatic rings. The number of aliphatic carboxylic acids is 1. The highest BCUT2D eigenvalue weighted by Crippen LogP contribution is 2.29. The van der Waals surface area contributed by atoms with Crippen molar-refractivity contribution in [3.8, 4) is 0 Å². The predicted molar refractivity (Wildman–Crippen MR) is 99.4 cm³/mol. The quantitative estimate of drug-likeness (QED) is 0.263. The standard InChI is InChI=1S/C19H34Cl2O2/c20-19(21,18(22)23)16-12-8-6-4-2-1-3-5-7-9-13-17-14-10-11-15-17/h17H,1-16H2,(H,22,23). The molecule has 0 unspecified atom stereocenters. The molecule has 0 radical (unpaired) electrons. The van der Waals surface area contributed by atoms with Crippen LogP contribution in [0, 0.1) is 5.92 Å². The molecule has 0 aromatic heterocycles. The van der Waals surface area contributed by atoms with Gasteiger partial charge in [-0.3, -0.25) is 0 Å². The highest BCUT2D eigenvalue weighted by Gasteiger charge is 2.32. The predicted octanol–water partition coefficient (Wildman–Crippen LogP) is 7.12. The average molecular weight is 365 g/mol. The van der Waals surface area contributed by atoms with E-state index < -0.39 is 10.3 Å². The molecule has 0 heterocycles. The van der Waals surface area contributed by atoms with Crippen molar-refractivity contribution in [2.75, 3.05) is 0 Å². The Bertz CT molecular complexity index is 312. The van der Waals surface area contributed by atoms with E-state index in [4.69, 9.17) is 28.3 Å². The minimum absolute atomic E-state index is 0.340. The zero-order valence-corrected chi connectivity index (χ0v) is 16.0. The molecule has 1 aliphatic rings. The summed E-state index contributed by atoms with van der Waals surface area (Å²) >= 11 is 11.4. The minimum atomic E-state index is -1.60. The van der Waals surface area contributed by atoms with Crippen LogP contribution in [0.3, 0.4) is 0 Å². The van der Waals surface area contributed by atoms with Crippen LogP contribution in [0.1, 0.15) is 103 Å². The van der Waals surface area contributed by atoms with Crippen molar-refractivity contribution in [1.82, 2.24) is 0 Å². The van der Waals surface area contributed by atoms with E-state index >= 15 is 0 Å². The summed E-state index contributed by atoms with van der Waals surface area (Å²) in [6.07, 6.45) is 20.2. The second kappa shape index (κ2) is 12.4. The van der Waals surface area contributed by atoms with Crippen molar-refractivity contribution in [3.63, 3.8) is 0 Å². The van der Waals surface area contributed by atoms with Gasteiger partial charge in [-0.25, -0.2) is 4.79 Å². The van der Waals surface area contributed by atoms with Crippen LogP contribution in [-0.2, 0) is 4.79 Å². The van der Waals surface area contributed by atoms with Gasteiger partial charge >= 0.3 is 5.97 Å². The highest BCUT2D eigenvalue weighted by molar-refractivity contribution is 6.57. The van der Waals surface area contributed by atoms with Gasteiger partial charge in [0.2, 0.25) is 4.33 Å². The van der Waals surface area contributed by atoms with E-state index in [9.17, 15) is 4.79 Å². The summed E-state index contributed by atoms with van der Waals surface area (Å²) in [6, 6.07) is 0. The molecule has 1 fully saturated rings. The van der Waals surface area contributed by atoms with Crippen molar-refractivity contribution in [2.45, 2.75) is 107 Å². The van der Waals surface area contributed by atoms with Crippen molar-refractivity contribution in [1.29, 1.82) is 0 Å². The van der Waals surface area contributed by atoms with E-state index in [1.54, 1.807) is 0 Å². The highest BCUT2D eigenvalue weighted by atomic mass is 35.5. The van der Waals surface area contributed by atoms with Crippen LogP contribution in [0.4, 0.5) is 0 Å². The molecule has 0 saturated heterocycles. The molecule has 2 nitrogen and oxygen atoms in total. The normalized spacial score (nSPS) is 16.1. The van der Waals surface area contributed by atoms with Gasteiger partial charge < -0.3 is 5.11 Å². The average Bonchev–Trinajstić information content (AvgIpc) is 3.01. The van der Waals surface area contributed by atoms with Gasteiger partial charge in [0.25, 0.3) is 0 Å². The van der Waals surface area contributed by atoms with Crippen molar-refractivity contribution in [3.05, 3.63) is 0 Å². The smallest absolute Gasteiger partial charge is 0.340 e. The van der Waals surface area contributed by atoms with Crippen LogP contribution < -0.4 is 0 Å². The summed E-state index contributed by atoms with van der Waals surface area (Å²) in [5.74, 6) is -0.0791. The van der Waals surface area contributed by atoms with E-state index in [1.165, 1.54) is 77.0 Å². The monoisotopic (exact) mass is 364 g/mol. The van der Waals surface area contributed by atoms with Crippen molar-refractivity contribution < 1.29 is 9.90 Å². The lowest BCUT2D eigenvalue weighted by molar-refractivity contribution is -0.138. The molecular formula is C19H34Cl2O2. The molecule has 1 aliphatic carbocycles. The fourth-order valence-corrected chi connectivity index (χ4v) is 3.87. The third-order valence-corrected chi connectivity index (χ3v) is 5.84. The van der Waals surface area contributed by atoms with E-state index in [2.05, 4.69) is 0 Å². The van der Waals surface area contributed by atoms with E-state index in [-0.39, 0.29) is 0 Å². The molecule has 0 bridgehead atoms. The SMILES string of the molecule is O=C(O)C(Cl)(Cl)CCCCCCCCCCCCC1CCCC1. The number of carbonyl (C=O) groups is 1. The number of carboxylic acid groups (broad SMARTS) is 1. The van der Waals surface area contributed by atoms with Gasteiger partial charge in [-0.15, -0.1) is 0 Å². The fraction of sp³-hybridized carbons (Fsp3) is 0.947. The lowest BCUT2D eigenvalue weighted by atomic mass is 9.99. The van der Waals surface area contributed by atoms with Crippen LogP contribution in [0.15, 0.2) is 0 Å². The van der Waals surface area contributed by atoms with Gasteiger partial charge in [0, 0.05) is 0 Å². The Morgan fingerprint density at radius 1 is 0.826 bits per heavy atom.